The highest BCUT2D eigenvalue weighted by Gasteiger charge is 2.21. The molecule has 0 saturated carbocycles. The Morgan fingerprint density at radius 2 is 0.780 bits per heavy atom. The number of rotatable bonds is 4. The van der Waals surface area contributed by atoms with Crippen LogP contribution in [0.3, 0.4) is 0 Å². The van der Waals surface area contributed by atoms with Crippen molar-refractivity contribution in [3.63, 3.8) is 0 Å². The number of para-hydroxylation sites is 3. The van der Waals surface area contributed by atoms with Gasteiger partial charge in [-0.25, -0.2) is 4.98 Å². The van der Waals surface area contributed by atoms with E-state index in [1.807, 2.05) is 57.7 Å². The number of fused-ring (bicyclic) bond motifs is 22. The zero-order chi connectivity index (χ0) is 53.6. The van der Waals surface area contributed by atoms with E-state index in [9.17, 15) is 0 Å². The lowest BCUT2D eigenvalue weighted by molar-refractivity contribution is 1.09. The second kappa shape index (κ2) is 18.0. The lowest BCUT2D eigenvalue weighted by Gasteiger charge is -2.12. The zero-order valence-corrected chi connectivity index (χ0v) is 46.9. The van der Waals surface area contributed by atoms with Crippen molar-refractivity contribution in [3.8, 4) is 33.8 Å². The number of hydrogen-bond donors (Lipinski definition) is 0. The van der Waals surface area contributed by atoms with E-state index < -0.39 is 0 Å². The van der Waals surface area contributed by atoms with Crippen LogP contribution in [0.25, 0.3) is 169 Å². The van der Waals surface area contributed by atoms with Crippen LogP contribution in [0.5, 0.6) is 0 Å². The third-order valence-electron chi connectivity index (χ3n) is 16.8. The average molecular weight is 1120 g/mol. The van der Waals surface area contributed by atoms with Gasteiger partial charge in [0, 0.05) is 97.8 Å². The van der Waals surface area contributed by atoms with Gasteiger partial charge in [0.25, 0.3) is 0 Å². The molecule has 11 aromatic carbocycles. The molecule has 0 spiro atoms. The van der Waals surface area contributed by atoms with Crippen molar-refractivity contribution < 1.29 is 0 Å². The fourth-order valence-electron chi connectivity index (χ4n) is 13.2. The molecule has 0 fully saturated rings. The molecule has 0 N–H and O–H groups in total. The molecule has 8 heteroatoms. The number of aromatic nitrogens is 4. The minimum atomic E-state index is 0.952. The lowest BCUT2D eigenvalue weighted by Crippen LogP contribution is -1.97. The van der Waals surface area contributed by atoms with Crippen LogP contribution in [0.2, 0.25) is 0 Å². The van der Waals surface area contributed by atoms with Gasteiger partial charge in [-0.15, -0.1) is 45.3 Å². The standard InChI is InChI=1S/C37H21N3S2.C37H21NS2/c1-5-13-29-23(9-1)24-10-2-6-14-30(24)39(29)22-17-18-32-27(19-22)25-11-3-7-15-31(25)40(32)35-20-28-34(21-38-35)42-37-36(28)26-12-4-8-16-33(26)41-37;1-2-12-27-25(10-1)26-11-3-4-13-28(26)31-19-23(16-17-29(27)31)22-8-7-9-24(18-22)32-20-38-21-33-35-30-14-5-6-15-34(30)39-37(35)40-36(32)33/h1-21H;1-21H. The number of thiophene rings is 4. The van der Waals surface area contributed by atoms with Crippen molar-refractivity contribution in [1.29, 1.82) is 0 Å². The monoisotopic (exact) mass is 1110 g/mol. The molecule has 0 aliphatic heterocycles. The summed E-state index contributed by atoms with van der Waals surface area (Å²) in [5.74, 6) is 0.952. The topological polar surface area (TPSA) is 35.6 Å². The van der Waals surface area contributed by atoms with Gasteiger partial charge in [0.2, 0.25) is 0 Å². The van der Waals surface area contributed by atoms with Crippen molar-refractivity contribution in [2.24, 2.45) is 0 Å². The van der Waals surface area contributed by atoms with Crippen LogP contribution in [0.1, 0.15) is 0 Å². The predicted octanol–water partition coefficient (Wildman–Crippen LogP) is 22.3. The van der Waals surface area contributed by atoms with E-state index >= 15 is 0 Å². The summed E-state index contributed by atoms with van der Waals surface area (Å²) in [4.78, 5) is 9.75. The van der Waals surface area contributed by atoms with E-state index in [4.69, 9.17) is 9.97 Å². The highest BCUT2D eigenvalue weighted by Crippen LogP contribution is 2.48. The average Bonchev–Trinajstić information content (AvgIpc) is 4.22. The lowest BCUT2D eigenvalue weighted by atomic mass is 9.91. The van der Waals surface area contributed by atoms with Gasteiger partial charge in [-0.3, -0.25) is 9.55 Å². The normalized spacial score (nSPS) is 12.1. The minimum Gasteiger partial charge on any atom is -0.309 e. The Bertz CT molecular complexity index is 5780. The van der Waals surface area contributed by atoms with Crippen molar-refractivity contribution in [3.05, 3.63) is 255 Å². The van der Waals surface area contributed by atoms with E-state index in [-0.39, 0.29) is 0 Å². The maximum absolute atomic E-state index is 5.03. The Hall–Kier alpha value is -9.54. The van der Waals surface area contributed by atoms with Crippen molar-refractivity contribution >= 4 is 180 Å². The SMILES string of the molecule is c1cc(-c2ccc3c4ccccc4c4ccccc4c3c2)cc(-c2cncc3c2sc2sc4ccccc4c23)c1.c1ccc2c(c1)sc1sc3cnc(-n4c5ccccc5c5cc(-n6c7ccccc7c7ccccc76)ccc54)cc3c12. The molecule has 0 unspecified atom stereocenters. The fraction of sp³-hybridized carbons (Fsp3) is 0. The molecule has 19 rings (SSSR count). The van der Waals surface area contributed by atoms with Gasteiger partial charge in [-0.05, 0) is 116 Å². The first kappa shape index (κ1) is 46.2. The van der Waals surface area contributed by atoms with Crippen LogP contribution < -0.4 is 0 Å². The second-order valence-electron chi connectivity index (χ2n) is 21.2. The molecule has 8 heterocycles. The summed E-state index contributed by atoms with van der Waals surface area (Å²) in [6.45, 7) is 0. The summed E-state index contributed by atoms with van der Waals surface area (Å²) in [7, 11) is 0. The third-order valence-corrected chi connectivity index (χ3v) is 21.7. The van der Waals surface area contributed by atoms with Crippen LogP contribution in [0.4, 0.5) is 0 Å². The highest BCUT2D eigenvalue weighted by molar-refractivity contribution is 7.45. The molecule has 8 aromatic heterocycles. The molecule has 0 radical (unpaired) electrons. The molecular weight excluding hydrogens is 1070 g/mol. The summed E-state index contributed by atoms with van der Waals surface area (Å²) in [5.41, 5.74) is 10.8. The van der Waals surface area contributed by atoms with Gasteiger partial charge in [0.15, 0.2) is 0 Å². The number of hydrogen-bond acceptors (Lipinski definition) is 6. The Labute approximate surface area is 484 Å². The first-order valence-corrected chi connectivity index (χ1v) is 30.8. The van der Waals surface area contributed by atoms with E-state index in [0.29, 0.717) is 0 Å². The molecule has 0 amide bonds. The first-order valence-electron chi connectivity index (χ1n) is 27.5. The van der Waals surface area contributed by atoms with Gasteiger partial charge in [0.1, 0.15) is 5.82 Å². The van der Waals surface area contributed by atoms with Crippen LogP contribution in [-0.2, 0) is 0 Å². The second-order valence-corrected chi connectivity index (χ2v) is 25.9. The molecular formula is C74H42N4S4. The molecule has 0 bridgehead atoms. The van der Waals surface area contributed by atoms with Crippen LogP contribution in [0, 0.1) is 0 Å². The molecule has 0 atom stereocenters. The Balaban J connectivity index is 0.000000126. The smallest absolute Gasteiger partial charge is 0.138 e. The van der Waals surface area contributed by atoms with E-state index in [2.05, 4.69) is 252 Å². The van der Waals surface area contributed by atoms with Gasteiger partial charge in [-0.1, -0.05) is 170 Å². The maximum atomic E-state index is 5.03. The van der Waals surface area contributed by atoms with Gasteiger partial charge in [-0.2, -0.15) is 0 Å². The van der Waals surface area contributed by atoms with Gasteiger partial charge < -0.3 is 4.57 Å². The Morgan fingerprint density at radius 3 is 1.45 bits per heavy atom. The van der Waals surface area contributed by atoms with Crippen LogP contribution >= 0.6 is 45.3 Å². The molecule has 19 aromatic rings. The molecule has 0 saturated heterocycles. The Kier molecular flexibility index (Phi) is 10.1. The summed E-state index contributed by atoms with van der Waals surface area (Å²) in [5, 5.41) is 20.7. The third kappa shape index (κ3) is 6.87. The van der Waals surface area contributed by atoms with E-state index in [0.717, 1.165) is 17.0 Å². The summed E-state index contributed by atoms with van der Waals surface area (Å²) < 4.78 is 12.7. The van der Waals surface area contributed by atoms with Gasteiger partial charge in [0.05, 0.1) is 34.8 Å². The van der Waals surface area contributed by atoms with Crippen molar-refractivity contribution in [2.75, 3.05) is 0 Å². The highest BCUT2D eigenvalue weighted by atomic mass is 32.2. The number of pyridine rings is 2. The fourth-order valence-corrected chi connectivity index (χ4v) is 18.4. The quantitative estimate of drug-likeness (QED) is 0.165. The first-order chi connectivity index (χ1) is 40.7. The summed E-state index contributed by atoms with van der Waals surface area (Å²) >= 11 is 7.50. The van der Waals surface area contributed by atoms with Crippen LogP contribution in [0.15, 0.2) is 255 Å². The number of benzene rings is 11. The Morgan fingerprint density at radius 1 is 0.280 bits per heavy atom. The van der Waals surface area contributed by atoms with E-state index in [1.165, 1.54) is 152 Å². The van der Waals surface area contributed by atoms with E-state index in [1.54, 1.807) is 0 Å². The van der Waals surface area contributed by atoms with Gasteiger partial charge >= 0.3 is 0 Å². The van der Waals surface area contributed by atoms with Crippen LogP contribution in [-0.4, -0.2) is 19.1 Å². The van der Waals surface area contributed by atoms with Crippen molar-refractivity contribution in [1.82, 2.24) is 19.1 Å². The zero-order valence-electron chi connectivity index (χ0n) is 43.7. The predicted molar refractivity (Wildman–Crippen MR) is 357 cm³/mol. The minimum absolute atomic E-state index is 0.952. The largest absolute Gasteiger partial charge is 0.309 e. The summed E-state index contributed by atoms with van der Waals surface area (Å²) in [6, 6.07) is 86.1. The maximum Gasteiger partial charge on any atom is 0.138 e. The molecule has 382 valence electrons. The molecule has 4 nitrogen and oxygen atoms in total. The molecule has 0 aliphatic rings. The number of nitrogens with zero attached hydrogens (tertiary/aromatic N) is 4. The molecule has 82 heavy (non-hydrogen) atoms. The summed E-state index contributed by atoms with van der Waals surface area (Å²) in [6.07, 6.45) is 6.13. The van der Waals surface area contributed by atoms with Crippen molar-refractivity contribution in [2.45, 2.75) is 0 Å². The molecule has 0 aliphatic carbocycles.